The van der Waals surface area contributed by atoms with Gasteiger partial charge in [0.2, 0.25) is 5.91 Å². The van der Waals surface area contributed by atoms with Crippen LogP contribution in [0.5, 0.6) is 0 Å². The number of carbonyl (C=O) groups is 2. The molecule has 1 saturated heterocycles. The molecule has 0 bridgehead atoms. The van der Waals surface area contributed by atoms with Crippen LogP contribution in [0, 0.1) is 5.92 Å². The normalized spacial score (nSPS) is 23.5. The number of carboxylic acids is 1. The zero-order valence-electron chi connectivity index (χ0n) is 12.3. The van der Waals surface area contributed by atoms with Gasteiger partial charge in [-0.15, -0.1) is 0 Å². The van der Waals surface area contributed by atoms with E-state index in [9.17, 15) is 14.7 Å². The van der Waals surface area contributed by atoms with Crippen molar-refractivity contribution in [3.8, 4) is 0 Å². The first kappa shape index (κ1) is 16.0. The van der Waals surface area contributed by atoms with Crippen LogP contribution < -0.4 is 5.32 Å². The van der Waals surface area contributed by atoms with Crippen molar-refractivity contribution in [2.24, 2.45) is 5.92 Å². The minimum atomic E-state index is -0.871. The first-order valence-corrected chi connectivity index (χ1v) is 7.17. The van der Waals surface area contributed by atoms with Gasteiger partial charge in [0, 0.05) is 12.6 Å². The van der Waals surface area contributed by atoms with E-state index in [4.69, 9.17) is 0 Å². The second kappa shape index (κ2) is 6.89. The van der Waals surface area contributed by atoms with Gasteiger partial charge >= 0.3 is 5.97 Å². The van der Waals surface area contributed by atoms with E-state index in [1.807, 2.05) is 32.6 Å². The lowest BCUT2D eigenvalue weighted by Crippen LogP contribution is -2.57. The van der Waals surface area contributed by atoms with Crippen molar-refractivity contribution >= 4 is 11.9 Å². The highest BCUT2D eigenvalue weighted by Gasteiger charge is 2.34. The van der Waals surface area contributed by atoms with Crippen molar-refractivity contribution in [3.63, 3.8) is 0 Å². The zero-order chi connectivity index (χ0) is 14.6. The number of amides is 1. The van der Waals surface area contributed by atoms with E-state index in [-0.39, 0.29) is 23.9 Å². The highest BCUT2D eigenvalue weighted by Crippen LogP contribution is 2.17. The first-order chi connectivity index (χ1) is 8.88. The molecule has 1 aliphatic rings. The molecule has 3 atom stereocenters. The summed E-state index contributed by atoms with van der Waals surface area (Å²) in [6.45, 7) is 8.62. The molecule has 1 fully saturated rings. The average molecular weight is 270 g/mol. The molecule has 0 aromatic heterocycles. The van der Waals surface area contributed by atoms with Gasteiger partial charge in [0.25, 0.3) is 0 Å². The summed E-state index contributed by atoms with van der Waals surface area (Å²) in [4.78, 5) is 25.4. The molecule has 110 valence electrons. The summed E-state index contributed by atoms with van der Waals surface area (Å²) < 4.78 is 0. The molecule has 5 nitrogen and oxygen atoms in total. The lowest BCUT2D eigenvalue weighted by molar-refractivity contribution is -0.143. The van der Waals surface area contributed by atoms with Crippen molar-refractivity contribution in [1.29, 1.82) is 0 Å². The van der Waals surface area contributed by atoms with Crippen LogP contribution >= 0.6 is 0 Å². The SMILES string of the molecule is CC[C@H](C)[C@H](NC1CCCN(C(C)C)C1=O)C(=O)O. The Morgan fingerprint density at radius 3 is 2.58 bits per heavy atom. The van der Waals surface area contributed by atoms with Crippen molar-refractivity contribution in [2.45, 2.75) is 65.1 Å². The summed E-state index contributed by atoms with van der Waals surface area (Å²) in [6, 6.07) is -0.832. The molecule has 2 N–H and O–H groups in total. The van der Waals surface area contributed by atoms with Crippen molar-refractivity contribution in [3.05, 3.63) is 0 Å². The molecule has 0 aliphatic carbocycles. The van der Waals surface area contributed by atoms with Crippen LogP contribution in [0.3, 0.4) is 0 Å². The average Bonchev–Trinajstić information content (AvgIpc) is 2.35. The van der Waals surface area contributed by atoms with Gasteiger partial charge in [-0.25, -0.2) is 0 Å². The Hall–Kier alpha value is -1.10. The van der Waals surface area contributed by atoms with E-state index in [0.717, 1.165) is 25.8 Å². The highest BCUT2D eigenvalue weighted by atomic mass is 16.4. The standard InChI is InChI=1S/C14H26N2O3/c1-5-10(4)12(14(18)19)15-11-7-6-8-16(9(2)3)13(11)17/h9-12,15H,5-8H2,1-4H3,(H,18,19)/t10-,11?,12-/m0/s1. The van der Waals surface area contributed by atoms with Crippen LogP contribution in [0.15, 0.2) is 0 Å². The summed E-state index contributed by atoms with van der Waals surface area (Å²) in [5.41, 5.74) is 0. The van der Waals surface area contributed by atoms with Crippen molar-refractivity contribution in [2.75, 3.05) is 6.54 Å². The molecule has 1 heterocycles. The second-order valence-electron chi connectivity index (χ2n) is 5.69. The van der Waals surface area contributed by atoms with E-state index < -0.39 is 12.0 Å². The van der Waals surface area contributed by atoms with Gasteiger partial charge in [-0.3, -0.25) is 14.9 Å². The quantitative estimate of drug-likeness (QED) is 0.767. The Labute approximate surface area is 115 Å². The van der Waals surface area contributed by atoms with Gasteiger partial charge < -0.3 is 10.0 Å². The lowest BCUT2D eigenvalue weighted by Gasteiger charge is -2.37. The summed E-state index contributed by atoms with van der Waals surface area (Å²) in [7, 11) is 0. The van der Waals surface area contributed by atoms with Gasteiger partial charge in [0.15, 0.2) is 0 Å². The van der Waals surface area contributed by atoms with E-state index in [2.05, 4.69) is 5.32 Å². The number of hydrogen-bond acceptors (Lipinski definition) is 3. The molecule has 1 aliphatic heterocycles. The van der Waals surface area contributed by atoms with E-state index in [1.54, 1.807) is 0 Å². The maximum absolute atomic E-state index is 12.3. The Bertz CT molecular complexity index is 331. The van der Waals surface area contributed by atoms with Crippen molar-refractivity contribution in [1.82, 2.24) is 10.2 Å². The lowest BCUT2D eigenvalue weighted by atomic mass is 9.96. The molecule has 0 spiro atoms. The van der Waals surface area contributed by atoms with Gasteiger partial charge in [0.05, 0.1) is 6.04 Å². The van der Waals surface area contributed by atoms with Crippen LogP contribution in [0.1, 0.15) is 47.0 Å². The topological polar surface area (TPSA) is 69.6 Å². The molecule has 5 heteroatoms. The van der Waals surface area contributed by atoms with Crippen LogP contribution in [-0.4, -0.2) is 46.6 Å². The summed E-state index contributed by atoms with van der Waals surface area (Å²) in [6.07, 6.45) is 2.43. The summed E-state index contributed by atoms with van der Waals surface area (Å²) in [5, 5.41) is 12.3. The van der Waals surface area contributed by atoms with E-state index >= 15 is 0 Å². The molecule has 1 rings (SSSR count). The van der Waals surface area contributed by atoms with E-state index in [1.165, 1.54) is 0 Å². The molecule has 0 aromatic carbocycles. The molecular formula is C14H26N2O3. The summed E-state index contributed by atoms with van der Waals surface area (Å²) in [5.74, 6) is -0.820. The third-order valence-corrected chi connectivity index (χ3v) is 3.96. The maximum atomic E-state index is 12.3. The number of rotatable bonds is 6. The smallest absolute Gasteiger partial charge is 0.320 e. The first-order valence-electron chi connectivity index (χ1n) is 7.17. The number of likely N-dealkylation sites (tertiary alicyclic amines) is 1. The predicted octanol–water partition coefficient (Wildman–Crippen LogP) is 1.47. The summed E-state index contributed by atoms with van der Waals surface area (Å²) >= 11 is 0. The zero-order valence-corrected chi connectivity index (χ0v) is 12.3. The molecule has 1 unspecified atom stereocenters. The third-order valence-electron chi connectivity index (χ3n) is 3.96. The van der Waals surface area contributed by atoms with Gasteiger partial charge in [0.1, 0.15) is 6.04 Å². The highest BCUT2D eigenvalue weighted by molar-refractivity contribution is 5.84. The van der Waals surface area contributed by atoms with Crippen LogP contribution in [0.25, 0.3) is 0 Å². The minimum absolute atomic E-state index is 0.0136. The fraction of sp³-hybridized carbons (Fsp3) is 0.857. The monoisotopic (exact) mass is 270 g/mol. The number of piperidine rings is 1. The number of aliphatic carboxylic acids is 1. The van der Waals surface area contributed by atoms with Crippen LogP contribution in [0.2, 0.25) is 0 Å². The molecule has 0 saturated carbocycles. The Balaban J connectivity index is 2.73. The molecular weight excluding hydrogens is 244 g/mol. The maximum Gasteiger partial charge on any atom is 0.320 e. The predicted molar refractivity (Wildman–Crippen MR) is 73.9 cm³/mol. The number of carbonyl (C=O) groups excluding carboxylic acids is 1. The second-order valence-corrected chi connectivity index (χ2v) is 5.69. The number of carboxylic acid groups (broad SMARTS) is 1. The van der Waals surface area contributed by atoms with Crippen LogP contribution in [0.4, 0.5) is 0 Å². The number of nitrogens with zero attached hydrogens (tertiary/aromatic N) is 1. The fourth-order valence-electron chi connectivity index (χ4n) is 2.50. The van der Waals surface area contributed by atoms with Gasteiger partial charge in [-0.05, 0) is 32.6 Å². The Morgan fingerprint density at radius 1 is 1.47 bits per heavy atom. The van der Waals surface area contributed by atoms with Crippen LogP contribution in [-0.2, 0) is 9.59 Å². The molecule has 1 amide bonds. The number of hydrogen-bond donors (Lipinski definition) is 2. The van der Waals surface area contributed by atoms with E-state index in [0.29, 0.717) is 0 Å². The minimum Gasteiger partial charge on any atom is -0.480 e. The third kappa shape index (κ3) is 3.93. The Kier molecular flexibility index (Phi) is 5.79. The van der Waals surface area contributed by atoms with Gasteiger partial charge in [-0.2, -0.15) is 0 Å². The molecule has 0 aromatic rings. The van der Waals surface area contributed by atoms with Crippen molar-refractivity contribution < 1.29 is 14.7 Å². The fourth-order valence-corrected chi connectivity index (χ4v) is 2.50. The molecule has 0 radical (unpaired) electrons. The molecule has 19 heavy (non-hydrogen) atoms. The van der Waals surface area contributed by atoms with Gasteiger partial charge in [-0.1, -0.05) is 20.3 Å². The Morgan fingerprint density at radius 2 is 2.11 bits per heavy atom. The largest absolute Gasteiger partial charge is 0.480 e. The number of nitrogens with one attached hydrogen (secondary N) is 1.